The van der Waals surface area contributed by atoms with Gasteiger partial charge in [0.1, 0.15) is 0 Å². The molecule has 0 radical (unpaired) electrons. The maximum absolute atomic E-state index is 5.34. The molecular weight excluding hydrogens is 623 g/mol. The molecule has 242 valence electrons. The van der Waals surface area contributed by atoms with Crippen LogP contribution in [0.2, 0.25) is 0 Å². The molecule has 9 aromatic rings. The summed E-state index contributed by atoms with van der Waals surface area (Å²) >= 11 is 0. The summed E-state index contributed by atoms with van der Waals surface area (Å²) in [7, 11) is 0. The smallest absolute Gasteiger partial charge is 0.238 e. The molecule has 1 aliphatic carbocycles. The fourth-order valence-electron chi connectivity index (χ4n) is 7.83. The zero-order chi connectivity index (χ0) is 33.9. The highest BCUT2D eigenvalue weighted by Crippen LogP contribution is 2.44. The summed E-state index contributed by atoms with van der Waals surface area (Å²) in [5, 5.41) is 3.60. The molecule has 5 heteroatoms. The number of hydrogen-bond acceptors (Lipinski definition) is 3. The standard InChI is InChI=1S/C46H33N5/c1-30-14-13-22-37-39-29-28-38-36-21-11-12-23-40(36)50(35-19-9-4-10-20-35)42(38)43(39)51(41(30)37)46-48-44(33-17-7-3-8-18-33)47-45(49-46)34-26-24-32(25-27-34)31-15-5-2-6-16-31/h2-13,15-30H,14H2,1H3. The van der Waals surface area contributed by atoms with Gasteiger partial charge in [0.05, 0.1) is 16.6 Å². The van der Waals surface area contributed by atoms with Crippen molar-refractivity contribution >= 4 is 38.8 Å². The molecule has 1 aliphatic rings. The minimum Gasteiger partial charge on any atom is -0.307 e. The molecule has 6 aromatic carbocycles. The van der Waals surface area contributed by atoms with E-state index in [2.05, 4.69) is 156 Å². The monoisotopic (exact) mass is 655 g/mol. The van der Waals surface area contributed by atoms with Gasteiger partial charge in [-0.15, -0.1) is 0 Å². The lowest BCUT2D eigenvalue weighted by Crippen LogP contribution is -2.12. The minimum atomic E-state index is 0.257. The highest BCUT2D eigenvalue weighted by molar-refractivity contribution is 6.19. The van der Waals surface area contributed by atoms with Crippen LogP contribution >= 0.6 is 0 Å². The Kier molecular flexibility index (Phi) is 6.78. The number of benzene rings is 6. The molecule has 1 atom stereocenters. The molecule has 3 heterocycles. The van der Waals surface area contributed by atoms with Gasteiger partial charge in [-0.25, -0.2) is 4.98 Å². The van der Waals surface area contributed by atoms with Gasteiger partial charge in [0, 0.05) is 50.1 Å². The summed E-state index contributed by atoms with van der Waals surface area (Å²) in [4.78, 5) is 15.7. The van der Waals surface area contributed by atoms with Crippen LogP contribution in [0.5, 0.6) is 0 Å². The van der Waals surface area contributed by atoms with Crippen LogP contribution in [-0.2, 0) is 0 Å². The summed E-state index contributed by atoms with van der Waals surface area (Å²) in [5.74, 6) is 2.17. The van der Waals surface area contributed by atoms with Crippen LogP contribution in [0.15, 0.2) is 158 Å². The Hall–Kier alpha value is -6.59. The third-order valence-electron chi connectivity index (χ3n) is 10.2. The van der Waals surface area contributed by atoms with Crippen molar-refractivity contribution in [2.24, 2.45) is 0 Å². The molecule has 0 saturated heterocycles. The van der Waals surface area contributed by atoms with Crippen LogP contribution in [0.3, 0.4) is 0 Å². The minimum absolute atomic E-state index is 0.257. The molecule has 0 fully saturated rings. The molecule has 1 unspecified atom stereocenters. The van der Waals surface area contributed by atoms with Crippen LogP contribution in [0.25, 0.3) is 84.3 Å². The molecule has 0 amide bonds. The van der Waals surface area contributed by atoms with Crippen LogP contribution in [-0.4, -0.2) is 24.1 Å². The van der Waals surface area contributed by atoms with Gasteiger partial charge in [0.2, 0.25) is 5.95 Å². The molecular formula is C46H33N5. The number of para-hydroxylation sites is 2. The Labute approximate surface area is 295 Å². The summed E-state index contributed by atoms with van der Waals surface area (Å²) in [6, 6.07) is 53.2. The van der Waals surface area contributed by atoms with E-state index < -0.39 is 0 Å². The fraction of sp³-hybridized carbons (Fsp3) is 0.0652. The van der Waals surface area contributed by atoms with Gasteiger partial charge in [0.15, 0.2) is 11.6 Å². The van der Waals surface area contributed by atoms with Crippen molar-refractivity contribution in [3.05, 3.63) is 169 Å². The van der Waals surface area contributed by atoms with Gasteiger partial charge in [0.25, 0.3) is 0 Å². The summed E-state index contributed by atoms with van der Waals surface area (Å²) < 4.78 is 4.75. The lowest BCUT2D eigenvalue weighted by atomic mass is 9.93. The Morgan fingerprint density at radius 2 is 1.04 bits per heavy atom. The average molecular weight is 656 g/mol. The van der Waals surface area contributed by atoms with Gasteiger partial charge >= 0.3 is 0 Å². The van der Waals surface area contributed by atoms with Crippen molar-refractivity contribution in [1.82, 2.24) is 24.1 Å². The zero-order valence-electron chi connectivity index (χ0n) is 28.1. The van der Waals surface area contributed by atoms with E-state index in [-0.39, 0.29) is 5.92 Å². The molecule has 0 saturated carbocycles. The van der Waals surface area contributed by atoms with E-state index in [0.29, 0.717) is 17.6 Å². The van der Waals surface area contributed by atoms with Crippen molar-refractivity contribution in [2.75, 3.05) is 0 Å². The van der Waals surface area contributed by atoms with Gasteiger partial charge < -0.3 is 4.57 Å². The second-order valence-electron chi connectivity index (χ2n) is 13.3. The first-order valence-corrected chi connectivity index (χ1v) is 17.5. The van der Waals surface area contributed by atoms with E-state index in [9.17, 15) is 0 Å². The molecule has 0 bridgehead atoms. The third kappa shape index (κ3) is 4.73. The topological polar surface area (TPSA) is 48.5 Å². The Morgan fingerprint density at radius 1 is 0.490 bits per heavy atom. The lowest BCUT2D eigenvalue weighted by molar-refractivity contribution is 0.711. The average Bonchev–Trinajstić information content (AvgIpc) is 3.73. The second-order valence-corrected chi connectivity index (χ2v) is 13.3. The predicted molar refractivity (Wildman–Crippen MR) is 209 cm³/mol. The molecule has 3 aromatic heterocycles. The first-order valence-electron chi connectivity index (χ1n) is 17.5. The maximum atomic E-state index is 5.34. The van der Waals surface area contributed by atoms with E-state index in [0.717, 1.165) is 39.8 Å². The van der Waals surface area contributed by atoms with Gasteiger partial charge in [-0.1, -0.05) is 153 Å². The largest absolute Gasteiger partial charge is 0.307 e. The number of allylic oxidation sites excluding steroid dienone is 1. The molecule has 0 spiro atoms. The normalized spacial score (nSPS) is 14.0. The van der Waals surface area contributed by atoms with Crippen molar-refractivity contribution < 1.29 is 0 Å². The quantitative estimate of drug-likeness (QED) is 0.185. The summed E-state index contributed by atoms with van der Waals surface area (Å²) in [6.07, 6.45) is 5.53. The van der Waals surface area contributed by atoms with Crippen molar-refractivity contribution in [1.29, 1.82) is 0 Å². The molecule has 10 rings (SSSR count). The highest BCUT2D eigenvalue weighted by Gasteiger charge is 2.29. The molecule has 51 heavy (non-hydrogen) atoms. The summed E-state index contributed by atoms with van der Waals surface area (Å²) in [6.45, 7) is 2.31. The fourth-order valence-corrected chi connectivity index (χ4v) is 7.83. The number of nitrogens with zero attached hydrogens (tertiary/aromatic N) is 5. The SMILES string of the molecule is CC1CC=Cc2c1n(-c1nc(-c3ccccc3)nc(-c3ccc(-c4ccccc4)cc3)n1)c1c2ccc2c3ccccc3n(-c3ccccc3)c21. The van der Waals surface area contributed by atoms with Crippen molar-refractivity contribution in [3.63, 3.8) is 0 Å². The van der Waals surface area contributed by atoms with Gasteiger partial charge in [-0.3, -0.25) is 4.57 Å². The maximum Gasteiger partial charge on any atom is 0.238 e. The number of fused-ring (bicyclic) bond motifs is 7. The first kappa shape index (κ1) is 29.3. The van der Waals surface area contributed by atoms with Gasteiger partial charge in [-0.05, 0) is 35.7 Å². The van der Waals surface area contributed by atoms with Crippen LogP contribution in [0.4, 0.5) is 0 Å². The second kappa shape index (κ2) is 11.8. The molecule has 0 N–H and O–H groups in total. The predicted octanol–water partition coefficient (Wildman–Crippen LogP) is 11.4. The van der Waals surface area contributed by atoms with E-state index in [1.54, 1.807) is 0 Å². The van der Waals surface area contributed by atoms with Crippen molar-refractivity contribution in [3.8, 4) is 45.5 Å². The highest BCUT2D eigenvalue weighted by atomic mass is 15.2. The Bertz CT molecular complexity index is 2760. The third-order valence-corrected chi connectivity index (χ3v) is 10.2. The lowest BCUT2D eigenvalue weighted by Gasteiger charge is -2.19. The van der Waals surface area contributed by atoms with E-state index in [1.807, 2.05) is 24.3 Å². The van der Waals surface area contributed by atoms with Crippen LogP contribution < -0.4 is 0 Å². The molecule has 5 nitrogen and oxygen atoms in total. The van der Waals surface area contributed by atoms with Crippen LogP contribution in [0, 0.1) is 0 Å². The summed E-state index contributed by atoms with van der Waals surface area (Å²) in [5.41, 5.74) is 11.2. The van der Waals surface area contributed by atoms with E-state index in [4.69, 9.17) is 15.0 Å². The first-order chi connectivity index (χ1) is 25.2. The van der Waals surface area contributed by atoms with Crippen LogP contribution in [0.1, 0.15) is 30.5 Å². The number of aromatic nitrogens is 5. The molecule has 0 aliphatic heterocycles. The number of rotatable bonds is 5. The van der Waals surface area contributed by atoms with Crippen molar-refractivity contribution in [2.45, 2.75) is 19.3 Å². The van der Waals surface area contributed by atoms with Gasteiger partial charge in [-0.2, -0.15) is 9.97 Å². The number of hydrogen-bond donors (Lipinski definition) is 0. The Morgan fingerprint density at radius 3 is 1.76 bits per heavy atom. The van der Waals surface area contributed by atoms with E-state index >= 15 is 0 Å². The van der Waals surface area contributed by atoms with E-state index in [1.165, 1.54) is 38.5 Å². The Balaban J connectivity index is 1.31. The zero-order valence-corrected chi connectivity index (χ0v) is 28.1.